The van der Waals surface area contributed by atoms with Gasteiger partial charge in [-0.2, -0.15) is 0 Å². The minimum Gasteiger partial charge on any atom is -0.474 e. The number of rotatable bonds is 12. The largest absolute Gasteiger partial charge is 0.474 e. The smallest absolute Gasteiger partial charge is 0.237 e. The molecule has 10 nitrogen and oxygen atoms in total. The number of ether oxygens (including phenoxy) is 1. The first-order valence-electron chi connectivity index (χ1n) is 19.7. The van der Waals surface area contributed by atoms with Crippen LogP contribution in [0.2, 0.25) is 0 Å². The van der Waals surface area contributed by atoms with Crippen LogP contribution in [0.4, 0.5) is 23.0 Å². The molecule has 0 amide bonds. The molecule has 0 spiro atoms. The van der Waals surface area contributed by atoms with E-state index in [1.165, 1.54) is 76.1 Å². The Hall–Kier alpha value is -5.06. The quantitative estimate of drug-likeness (QED) is 0.119. The van der Waals surface area contributed by atoms with E-state index < -0.39 is 0 Å². The Balaban J connectivity index is 0.775. The van der Waals surface area contributed by atoms with Gasteiger partial charge < -0.3 is 30.5 Å². The van der Waals surface area contributed by atoms with Crippen molar-refractivity contribution in [3.63, 3.8) is 0 Å². The molecule has 0 unspecified atom stereocenters. The van der Waals surface area contributed by atoms with Crippen molar-refractivity contribution in [1.29, 1.82) is 0 Å². The molecule has 0 saturated carbocycles. The van der Waals surface area contributed by atoms with E-state index in [9.17, 15) is 4.79 Å². The number of carbonyl (C=O) groups excluding carboxylic acids is 1. The molecule has 3 aliphatic heterocycles. The Morgan fingerprint density at radius 3 is 2.33 bits per heavy atom. The third-order valence-electron chi connectivity index (χ3n) is 11.5. The van der Waals surface area contributed by atoms with Gasteiger partial charge in [-0.1, -0.05) is 36.4 Å². The summed E-state index contributed by atoms with van der Waals surface area (Å²) in [6, 6.07) is 23.8. The maximum Gasteiger partial charge on any atom is 0.237 e. The summed E-state index contributed by atoms with van der Waals surface area (Å²) in [5.74, 6) is 2.78. The molecule has 54 heavy (non-hydrogen) atoms. The molecule has 280 valence electrons. The van der Waals surface area contributed by atoms with Gasteiger partial charge in [0.25, 0.3) is 0 Å². The molecule has 0 aliphatic carbocycles. The zero-order valence-corrected chi connectivity index (χ0v) is 31.6. The number of Topliss-reactive ketones (excluding diaryl/α,β-unsaturated/α-hetero) is 1. The van der Waals surface area contributed by atoms with Crippen LogP contribution >= 0.6 is 0 Å². The third kappa shape index (κ3) is 8.66. The maximum absolute atomic E-state index is 11.3. The number of hydrogen-bond donors (Lipinski definition) is 3. The van der Waals surface area contributed by atoms with E-state index in [4.69, 9.17) is 9.72 Å². The molecule has 3 aliphatic rings. The van der Waals surface area contributed by atoms with Crippen LogP contribution in [0.15, 0.2) is 79.1 Å². The number of ketones is 1. The molecule has 3 N–H and O–H groups in total. The van der Waals surface area contributed by atoms with Gasteiger partial charge in [-0.3, -0.25) is 4.79 Å². The molecule has 2 fully saturated rings. The van der Waals surface area contributed by atoms with Crippen LogP contribution in [-0.2, 0) is 11.2 Å². The van der Waals surface area contributed by atoms with Crippen molar-refractivity contribution >= 4 is 39.7 Å². The lowest BCUT2D eigenvalue weighted by atomic mass is 9.89. The Bertz CT molecular complexity index is 2050. The van der Waals surface area contributed by atoms with Crippen LogP contribution in [-0.4, -0.2) is 89.5 Å². The van der Waals surface area contributed by atoms with Gasteiger partial charge in [-0.05, 0) is 137 Å². The number of nitrogens with one attached hydrogen (secondary N) is 3. The fraction of sp³-hybridized carbons (Fsp3) is 0.409. The molecule has 2 saturated heterocycles. The number of carbonyl (C=O) groups is 1. The van der Waals surface area contributed by atoms with E-state index in [1.807, 2.05) is 12.4 Å². The fourth-order valence-electron chi connectivity index (χ4n) is 8.24. The lowest BCUT2D eigenvalue weighted by Crippen LogP contribution is -2.42. The lowest BCUT2D eigenvalue weighted by Gasteiger charge is -2.36. The summed E-state index contributed by atoms with van der Waals surface area (Å²) in [5, 5.41) is 11.0. The first kappa shape index (κ1) is 35.9. The molecule has 5 heterocycles. The van der Waals surface area contributed by atoms with E-state index >= 15 is 0 Å². The minimum atomic E-state index is 0.154. The van der Waals surface area contributed by atoms with E-state index in [0.717, 1.165) is 63.5 Å². The lowest BCUT2D eigenvalue weighted by molar-refractivity contribution is -0.115. The van der Waals surface area contributed by atoms with Crippen molar-refractivity contribution in [2.45, 2.75) is 51.9 Å². The molecular formula is C44H52N8O2. The zero-order valence-electron chi connectivity index (χ0n) is 31.6. The molecule has 0 atom stereocenters. The van der Waals surface area contributed by atoms with Gasteiger partial charge in [0.1, 0.15) is 18.1 Å². The average Bonchev–Trinajstić information content (AvgIpc) is 3.21. The van der Waals surface area contributed by atoms with Crippen LogP contribution in [0.25, 0.3) is 22.0 Å². The summed E-state index contributed by atoms with van der Waals surface area (Å²) in [6.45, 7) is 12.6. The normalized spacial score (nSPS) is 17.1. The van der Waals surface area contributed by atoms with Crippen molar-refractivity contribution in [2.24, 2.45) is 5.92 Å². The summed E-state index contributed by atoms with van der Waals surface area (Å²) in [6.07, 6.45) is 9.86. The van der Waals surface area contributed by atoms with E-state index in [1.54, 1.807) is 6.92 Å². The number of benzene rings is 3. The number of piperidine rings is 2. The van der Waals surface area contributed by atoms with Gasteiger partial charge >= 0.3 is 0 Å². The van der Waals surface area contributed by atoms with Crippen molar-refractivity contribution in [3.8, 4) is 17.0 Å². The highest BCUT2D eigenvalue weighted by molar-refractivity contribution is 5.86. The summed E-state index contributed by atoms with van der Waals surface area (Å²) < 4.78 is 5.72. The van der Waals surface area contributed by atoms with Crippen molar-refractivity contribution in [1.82, 2.24) is 24.8 Å². The number of fused-ring (bicyclic) bond motifs is 2. The molecule has 0 radical (unpaired) electrons. The first-order valence-corrected chi connectivity index (χ1v) is 19.7. The predicted molar refractivity (Wildman–Crippen MR) is 218 cm³/mol. The topological polar surface area (TPSA) is 108 Å². The van der Waals surface area contributed by atoms with E-state index in [0.29, 0.717) is 30.9 Å². The van der Waals surface area contributed by atoms with Gasteiger partial charge in [-0.15, -0.1) is 0 Å². The monoisotopic (exact) mass is 724 g/mol. The van der Waals surface area contributed by atoms with E-state index in [-0.39, 0.29) is 5.78 Å². The standard InChI is InChI=1S/C44H52N8O2/c1-30(53)27-46-38-11-7-34(8-12-38)35-15-20-52(21-16-35)23-22-51-18-13-33(14-19-51)25-32-3-9-39(10-4-32)49-44-48-28-37-6-5-36(26-41(37)50-44)40-29-47-43-42(31(40)2)45-17-24-54-43/h3-12,26,28-29,33,35,45-46H,13-25,27H2,1-2H3,(H,48,49,50). The van der Waals surface area contributed by atoms with Crippen molar-refractivity contribution < 1.29 is 9.53 Å². The Kier molecular flexibility index (Phi) is 11.0. The predicted octanol–water partition coefficient (Wildman–Crippen LogP) is 7.68. The van der Waals surface area contributed by atoms with Crippen LogP contribution in [0.1, 0.15) is 55.2 Å². The molecule has 10 heteroatoms. The maximum atomic E-state index is 11.3. The number of aromatic nitrogens is 3. The number of anilines is 4. The van der Waals surface area contributed by atoms with Crippen molar-refractivity contribution in [3.05, 3.63) is 95.8 Å². The number of pyridine rings is 1. The van der Waals surface area contributed by atoms with Crippen LogP contribution in [0.3, 0.4) is 0 Å². The highest BCUT2D eigenvalue weighted by atomic mass is 16.5. The van der Waals surface area contributed by atoms with Crippen LogP contribution in [0.5, 0.6) is 5.88 Å². The van der Waals surface area contributed by atoms with Crippen molar-refractivity contribution in [2.75, 3.05) is 74.9 Å². The second kappa shape index (κ2) is 16.5. The zero-order chi connectivity index (χ0) is 36.9. The van der Waals surface area contributed by atoms with Gasteiger partial charge in [0.05, 0.1) is 12.1 Å². The number of nitrogens with zero attached hydrogens (tertiary/aromatic N) is 5. The second-order valence-electron chi connectivity index (χ2n) is 15.3. The Labute approximate surface area is 318 Å². The fourth-order valence-corrected chi connectivity index (χ4v) is 8.24. The molecule has 5 aromatic rings. The molecule has 8 rings (SSSR count). The summed E-state index contributed by atoms with van der Waals surface area (Å²) >= 11 is 0. The van der Waals surface area contributed by atoms with Gasteiger partial charge in [0, 0.05) is 54.4 Å². The molecule has 3 aromatic carbocycles. The second-order valence-corrected chi connectivity index (χ2v) is 15.3. The van der Waals surface area contributed by atoms with Gasteiger partial charge in [0.2, 0.25) is 11.8 Å². The van der Waals surface area contributed by atoms with Gasteiger partial charge in [0.15, 0.2) is 0 Å². The highest BCUT2D eigenvalue weighted by Crippen LogP contribution is 2.36. The summed E-state index contributed by atoms with van der Waals surface area (Å²) in [7, 11) is 0. The highest BCUT2D eigenvalue weighted by Gasteiger charge is 2.24. The Morgan fingerprint density at radius 2 is 1.59 bits per heavy atom. The van der Waals surface area contributed by atoms with E-state index in [2.05, 4.69) is 109 Å². The third-order valence-corrected chi connectivity index (χ3v) is 11.5. The average molecular weight is 725 g/mol. The first-order chi connectivity index (χ1) is 26.4. The van der Waals surface area contributed by atoms with Gasteiger partial charge in [-0.25, -0.2) is 15.0 Å². The molecule has 0 bridgehead atoms. The summed E-state index contributed by atoms with van der Waals surface area (Å²) in [4.78, 5) is 30.6. The molecule has 2 aromatic heterocycles. The Morgan fingerprint density at radius 1 is 0.870 bits per heavy atom. The van der Waals surface area contributed by atoms with Crippen LogP contribution in [0, 0.1) is 12.8 Å². The number of likely N-dealkylation sites (tertiary alicyclic amines) is 2. The number of hydrogen-bond acceptors (Lipinski definition) is 10. The van der Waals surface area contributed by atoms with Crippen LogP contribution < -0.4 is 20.7 Å². The molecular weight excluding hydrogens is 673 g/mol. The SMILES string of the molecule is CC(=O)CNc1ccc(C2CCN(CCN3CCC(Cc4ccc(Nc5ncc6ccc(-c7cnc8c(c7C)NCCO8)cc6n5)cc4)CC3)CC2)cc1. The minimum absolute atomic E-state index is 0.154. The summed E-state index contributed by atoms with van der Waals surface area (Å²) in [5.41, 5.74) is 9.94.